The van der Waals surface area contributed by atoms with E-state index in [0.717, 1.165) is 6.07 Å². The van der Waals surface area contributed by atoms with Crippen LogP contribution in [-0.4, -0.2) is 31.3 Å². The number of nitro groups is 3. The maximum absolute atomic E-state index is 12.3. The van der Waals surface area contributed by atoms with Crippen LogP contribution in [0.1, 0.15) is 31.8 Å². The topological polar surface area (TPSA) is 176 Å². The van der Waals surface area contributed by atoms with Gasteiger partial charge in [-0.05, 0) is 24.3 Å². The molecule has 190 valence electrons. The second-order valence-corrected chi connectivity index (χ2v) is 8.36. The summed E-state index contributed by atoms with van der Waals surface area (Å²) in [7, 11) is 0. The van der Waals surface area contributed by atoms with Crippen molar-refractivity contribution in [2.75, 3.05) is 0 Å². The molecular formula is C27H14N4O8. The van der Waals surface area contributed by atoms with Gasteiger partial charge >= 0.3 is 11.4 Å². The lowest BCUT2D eigenvalue weighted by molar-refractivity contribution is -0.421. The van der Waals surface area contributed by atoms with Crippen LogP contribution in [0.3, 0.4) is 0 Å². The Labute approximate surface area is 217 Å². The first-order chi connectivity index (χ1) is 18.7. The molecule has 4 aromatic carbocycles. The number of aromatic nitrogens is 1. The quantitative estimate of drug-likeness (QED) is 0.163. The summed E-state index contributed by atoms with van der Waals surface area (Å²) in [5.74, 6) is -0.827. The molecule has 0 fully saturated rings. The van der Waals surface area contributed by atoms with Gasteiger partial charge in [0.15, 0.2) is 5.78 Å². The van der Waals surface area contributed by atoms with Crippen molar-refractivity contribution in [1.29, 1.82) is 0 Å². The highest BCUT2D eigenvalue weighted by Crippen LogP contribution is 2.36. The summed E-state index contributed by atoms with van der Waals surface area (Å²) in [5, 5.41) is 33.9. The molecule has 1 aliphatic rings. The average Bonchev–Trinajstić information content (AvgIpc) is 2.93. The number of ketones is 2. The molecule has 6 rings (SSSR count). The number of carbonyl (C=O) groups excluding carboxylic acids is 2. The van der Waals surface area contributed by atoms with Crippen LogP contribution in [0.15, 0.2) is 84.9 Å². The van der Waals surface area contributed by atoms with Gasteiger partial charge in [-0.3, -0.25) is 39.9 Å². The molecule has 0 amide bonds. The van der Waals surface area contributed by atoms with E-state index >= 15 is 0 Å². The number of hydrogen-bond acceptors (Lipinski definition) is 9. The van der Waals surface area contributed by atoms with E-state index < -0.39 is 31.9 Å². The highest BCUT2D eigenvalue weighted by atomic mass is 16.6. The van der Waals surface area contributed by atoms with Crippen LogP contribution in [-0.2, 0) is 0 Å². The minimum absolute atomic E-state index is 0.0953. The second kappa shape index (κ2) is 9.52. The van der Waals surface area contributed by atoms with Crippen molar-refractivity contribution in [2.45, 2.75) is 0 Å². The summed E-state index contributed by atoms with van der Waals surface area (Å²) < 4.78 is 0. The molecule has 1 heterocycles. The third-order valence-electron chi connectivity index (χ3n) is 6.16. The number of para-hydroxylation sites is 1. The predicted molar refractivity (Wildman–Crippen MR) is 139 cm³/mol. The lowest BCUT2D eigenvalue weighted by Crippen LogP contribution is -2.21. The lowest BCUT2D eigenvalue weighted by Gasteiger charge is -2.16. The Kier molecular flexibility index (Phi) is 6.04. The van der Waals surface area contributed by atoms with Crippen molar-refractivity contribution in [3.05, 3.63) is 138 Å². The second-order valence-electron chi connectivity index (χ2n) is 8.36. The molecule has 1 aliphatic carbocycles. The van der Waals surface area contributed by atoms with E-state index in [2.05, 4.69) is 4.98 Å². The maximum atomic E-state index is 12.3. The van der Waals surface area contributed by atoms with Crippen LogP contribution < -0.4 is 0 Å². The minimum Gasteiger partial charge on any atom is -0.289 e. The van der Waals surface area contributed by atoms with Gasteiger partial charge in [-0.2, -0.15) is 0 Å². The third-order valence-corrected chi connectivity index (χ3v) is 6.16. The van der Waals surface area contributed by atoms with Gasteiger partial charge in [-0.1, -0.05) is 48.5 Å². The molecular weight excluding hydrogens is 508 g/mol. The summed E-state index contributed by atoms with van der Waals surface area (Å²) in [4.78, 5) is 59.8. The molecule has 0 N–H and O–H groups in total. The van der Waals surface area contributed by atoms with Crippen LogP contribution >= 0.6 is 0 Å². The molecule has 0 bridgehead atoms. The fourth-order valence-corrected chi connectivity index (χ4v) is 4.44. The largest absolute Gasteiger partial charge is 0.355 e. The fourth-order valence-electron chi connectivity index (χ4n) is 4.44. The monoisotopic (exact) mass is 522 g/mol. The van der Waals surface area contributed by atoms with Gasteiger partial charge in [0.2, 0.25) is 5.78 Å². The Morgan fingerprint density at radius 3 is 1.85 bits per heavy atom. The number of fused-ring (bicyclic) bond motifs is 4. The van der Waals surface area contributed by atoms with Crippen molar-refractivity contribution < 1.29 is 24.4 Å². The number of nitrogens with zero attached hydrogens (tertiary/aromatic N) is 4. The number of rotatable bonds is 3. The Morgan fingerprint density at radius 2 is 1.18 bits per heavy atom. The fraction of sp³-hybridized carbons (Fsp3) is 0. The number of nitro benzene ring substituents is 3. The minimum atomic E-state index is -0.757. The smallest absolute Gasteiger partial charge is 0.289 e. The summed E-state index contributed by atoms with van der Waals surface area (Å²) in [6, 6.07) is 21.7. The van der Waals surface area contributed by atoms with E-state index in [1.165, 1.54) is 30.3 Å². The first-order valence-corrected chi connectivity index (χ1v) is 11.3. The Bertz CT molecular complexity index is 1900. The molecule has 0 radical (unpaired) electrons. The summed E-state index contributed by atoms with van der Waals surface area (Å²) >= 11 is 0. The van der Waals surface area contributed by atoms with Gasteiger partial charge < -0.3 is 0 Å². The van der Waals surface area contributed by atoms with Gasteiger partial charge in [0.1, 0.15) is 5.56 Å². The molecule has 0 aliphatic heterocycles. The zero-order chi connectivity index (χ0) is 27.8. The molecule has 5 aromatic rings. The van der Waals surface area contributed by atoms with Crippen molar-refractivity contribution in [3.8, 4) is 0 Å². The van der Waals surface area contributed by atoms with Gasteiger partial charge in [0, 0.05) is 34.2 Å². The normalized spacial score (nSPS) is 11.8. The van der Waals surface area contributed by atoms with Crippen LogP contribution in [0.2, 0.25) is 0 Å². The zero-order valence-electron chi connectivity index (χ0n) is 19.6. The van der Waals surface area contributed by atoms with Crippen LogP contribution in [0.25, 0.3) is 21.8 Å². The van der Waals surface area contributed by atoms with Crippen LogP contribution in [0.4, 0.5) is 17.1 Å². The maximum Gasteiger partial charge on any atom is 0.355 e. The number of hydrogen-bond donors (Lipinski definition) is 0. The number of carbonyl (C=O) groups is 2. The van der Waals surface area contributed by atoms with Crippen LogP contribution in [0, 0.1) is 30.3 Å². The molecule has 12 nitrogen and oxygen atoms in total. The van der Waals surface area contributed by atoms with Gasteiger partial charge in [0.25, 0.3) is 5.69 Å². The highest BCUT2D eigenvalue weighted by molar-refractivity contribution is 6.29. The Balaban J connectivity index is 0.000000158. The predicted octanol–water partition coefficient (Wildman–Crippen LogP) is 5.57. The summed E-state index contributed by atoms with van der Waals surface area (Å²) in [6.07, 6.45) is 0. The van der Waals surface area contributed by atoms with Crippen molar-refractivity contribution in [1.82, 2.24) is 4.98 Å². The molecule has 12 heteroatoms. The summed E-state index contributed by atoms with van der Waals surface area (Å²) in [6.45, 7) is 0. The van der Waals surface area contributed by atoms with E-state index in [9.17, 15) is 39.9 Å². The average molecular weight is 522 g/mol. The van der Waals surface area contributed by atoms with Crippen molar-refractivity contribution in [2.24, 2.45) is 0 Å². The zero-order valence-corrected chi connectivity index (χ0v) is 19.6. The van der Waals surface area contributed by atoms with E-state index in [1.54, 1.807) is 48.5 Å². The molecule has 0 saturated carbocycles. The third kappa shape index (κ3) is 4.21. The van der Waals surface area contributed by atoms with E-state index in [4.69, 9.17) is 0 Å². The molecule has 0 saturated heterocycles. The SMILES string of the molecule is O=C1c2ccccc2C(=O)c2c1cccc2[N+](=O)[O-].O=[N+]([O-])c1ccc2nc3ccccc3cc2c1[N+](=O)[O-]. The van der Waals surface area contributed by atoms with E-state index in [-0.39, 0.29) is 33.5 Å². The van der Waals surface area contributed by atoms with Crippen LogP contribution in [0.5, 0.6) is 0 Å². The van der Waals surface area contributed by atoms with Gasteiger partial charge in [-0.25, -0.2) is 4.98 Å². The molecule has 0 unspecified atom stereocenters. The first kappa shape index (κ1) is 24.8. The molecule has 39 heavy (non-hydrogen) atoms. The number of pyridine rings is 1. The Hall–Kier alpha value is -5.91. The molecule has 0 atom stereocenters. The van der Waals surface area contributed by atoms with Crippen molar-refractivity contribution >= 4 is 50.4 Å². The highest BCUT2D eigenvalue weighted by Gasteiger charge is 2.35. The van der Waals surface area contributed by atoms with Crippen molar-refractivity contribution in [3.63, 3.8) is 0 Å². The summed E-state index contributed by atoms with van der Waals surface area (Å²) in [5.41, 5.74) is 0.156. The van der Waals surface area contributed by atoms with Gasteiger partial charge in [0.05, 0.1) is 31.2 Å². The van der Waals surface area contributed by atoms with Gasteiger partial charge in [-0.15, -0.1) is 0 Å². The molecule has 1 aromatic heterocycles. The standard InChI is InChI=1S/C14H7NO4.C13H7N3O4/c16-13-8-4-1-2-5-9(8)14(17)12-10(13)6-3-7-11(12)15(18)19;17-15(18)12-6-5-11-9(13(12)16(19)20)7-8-3-1-2-4-10(8)14-11/h1-7H;1-7H. The number of benzene rings is 4. The van der Waals surface area contributed by atoms with E-state index in [0.29, 0.717) is 22.0 Å². The lowest BCUT2D eigenvalue weighted by atomic mass is 9.83. The molecule has 0 spiro atoms. The Morgan fingerprint density at radius 1 is 0.564 bits per heavy atom. The van der Waals surface area contributed by atoms with E-state index in [1.807, 2.05) is 0 Å². The first-order valence-electron chi connectivity index (χ1n) is 11.3.